The van der Waals surface area contributed by atoms with Crippen LogP contribution in [-0.4, -0.2) is 0 Å². The average Bonchev–Trinajstić information content (AvgIpc) is 2.79. The van der Waals surface area contributed by atoms with Crippen molar-refractivity contribution in [3.8, 4) is 22.4 Å². The minimum absolute atomic E-state index is 0.776. The first-order valence-corrected chi connectivity index (χ1v) is 11.8. The molecule has 3 aromatic rings. The Morgan fingerprint density at radius 2 is 1.47 bits per heavy atom. The molecule has 30 heavy (non-hydrogen) atoms. The van der Waals surface area contributed by atoms with E-state index in [-0.39, 0.29) is 0 Å². The molecule has 1 aromatic heterocycles. The molecule has 3 unspecified atom stereocenters. The summed E-state index contributed by atoms with van der Waals surface area (Å²) in [6.07, 6.45) is 12.4. The van der Waals surface area contributed by atoms with Crippen LogP contribution in [0.25, 0.3) is 22.4 Å². The molecule has 0 bridgehead atoms. The molecule has 2 aliphatic carbocycles. The summed E-state index contributed by atoms with van der Waals surface area (Å²) in [5, 5.41) is 0. The molecule has 1 heteroatoms. The largest absolute Gasteiger partial charge is 0.212 e. The van der Waals surface area contributed by atoms with Gasteiger partial charge in [0.25, 0.3) is 0 Å². The molecule has 154 valence electrons. The summed E-state index contributed by atoms with van der Waals surface area (Å²) in [4.78, 5) is 0. The molecule has 0 amide bonds. The Kier molecular flexibility index (Phi) is 5.46. The smallest absolute Gasteiger partial charge is 0.200 e. The number of aromatic nitrogens is 1. The Balaban J connectivity index is 1.34. The van der Waals surface area contributed by atoms with Crippen LogP contribution in [0.3, 0.4) is 0 Å². The molecule has 0 spiro atoms. The van der Waals surface area contributed by atoms with Crippen LogP contribution in [0.5, 0.6) is 0 Å². The van der Waals surface area contributed by atoms with Gasteiger partial charge in [0.15, 0.2) is 6.20 Å². The molecule has 0 saturated heterocycles. The predicted molar refractivity (Wildman–Crippen MR) is 125 cm³/mol. The third-order valence-corrected chi connectivity index (χ3v) is 7.81. The van der Waals surface area contributed by atoms with Crippen molar-refractivity contribution >= 4 is 0 Å². The fourth-order valence-corrected chi connectivity index (χ4v) is 6.04. The molecule has 2 fully saturated rings. The summed E-state index contributed by atoms with van der Waals surface area (Å²) in [6, 6.07) is 22.6. The van der Waals surface area contributed by atoms with E-state index in [9.17, 15) is 0 Å². The summed E-state index contributed by atoms with van der Waals surface area (Å²) in [5.41, 5.74) is 8.05. The number of fused-ring (bicyclic) bond motifs is 1. The topological polar surface area (TPSA) is 3.88 Å². The van der Waals surface area contributed by atoms with E-state index in [1.165, 1.54) is 72.9 Å². The van der Waals surface area contributed by atoms with Crippen molar-refractivity contribution in [1.82, 2.24) is 0 Å². The molecule has 0 radical (unpaired) electrons. The lowest BCUT2D eigenvalue weighted by molar-refractivity contribution is -0.659. The molecule has 3 atom stereocenters. The zero-order chi connectivity index (χ0) is 20.5. The van der Waals surface area contributed by atoms with E-state index in [0.717, 1.165) is 17.8 Å². The second kappa shape index (κ2) is 8.38. The summed E-state index contributed by atoms with van der Waals surface area (Å²) in [7, 11) is 2.16. The van der Waals surface area contributed by atoms with Gasteiger partial charge in [-0.1, -0.05) is 68.1 Å². The van der Waals surface area contributed by atoms with E-state index >= 15 is 0 Å². The van der Waals surface area contributed by atoms with Gasteiger partial charge in [-0.05, 0) is 72.8 Å². The number of hydrogen-bond acceptors (Lipinski definition) is 0. The van der Waals surface area contributed by atoms with Crippen LogP contribution in [0.2, 0.25) is 0 Å². The maximum Gasteiger partial charge on any atom is 0.212 e. The maximum atomic E-state index is 2.40. The van der Waals surface area contributed by atoms with Crippen molar-refractivity contribution < 1.29 is 4.57 Å². The lowest BCUT2D eigenvalue weighted by atomic mass is 9.66. The van der Waals surface area contributed by atoms with Crippen molar-refractivity contribution in [3.63, 3.8) is 0 Å². The van der Waals surface area contributed by atoms with Crippen LogP contribution in [0, 0.1) is 18.8 Å². The van der Waals surface area contributed by atoms with Crippen LogP contribution in [-0.2, 0) is 7.05 Å². The Labute approximate surface area is 181 Å². The second-order valence-electron chi connectivity index (χ2n) is 9.67. The van der Waals surface area contributed by atoms with Gasteiger partial charge in [0.2, 0.25) is 5.69 Å². The minimum Gasteiger partial charge on any atom is -0.200 e. The molecule has 0 N–H and O–H groups in total. The van der Waals surface area contributed by atoms with Crippen LogP contribution in [0.4, 0.5) is 0 Å². The van der Waals surface area contributed by atoms with Crippen molar-refractivity contribution in [1.29, 1.82) is 0 Å². The van der Waals surface area contributed by atoms with E-state index < -0.39 is 0 Å². The van der Waals surface area contributed by atoms with Crippen molar-refractivity contribution in [3.05, 3.63) is 78.0 Å². The van der Waals surface area contributed by atoms with Crippen LogP contribution in [0.15, 0.2) is 66.9 Å². The van der Waals surface area contributed by atoms with Crippen molar-refractivity contribution in [2.45, 2.75) is 57.8 Å². The molecule has 2 aliphatic rings. The number of pyridine rings is 1. The highest BCUT2D eigenvalue weighted by Crippen LogP contribution is 2.46. The number of benzene rings is 2. The summed E-state index contributed by atoms with van der Waals surface area (Å²) >= 11 is 0. The van der Waals surface area contributed by atoms with Crippen molar-refractivity contribution in [2.24, 2.45) is 18.9 Å². The third-order valence-electron chi connectivity index (χ3n) is 7.81. The highest BCUT2D eigenvalue weighted by molar-refractivity contribution is 5.66. The normalized spacial score (nSPS) is 23.7. The van der Waals surface area contributed by atoms with E-state index in [4.69, 9.17) is 0 Å². The first kappa shape index (κ1) is 19.5. The zero-order valence-electron chi connectivity index (χ0n) is 18.5. The van der Waals surface area contributed by atoms with Crippen LogP contribution < -0.4 is 4.57 Å². The van der Waals surface area contributed by atoms with Gasteiger partial charge in [-0.15, -0.1) is 0 Å². The fourth-order valence-electron chi connectivity index (χ4n) is 6.04. The zero-order valence-corrected chi connectivity index (χ0v) is 18.5. The lowest BCUT2D eigenvalue weighted by Gasteiger charge is -2.39. The fraction of sp³-hybridized carbons (Fsp3) is 0.414. The predicted octanol–water partition coefficient (Wildman–Crippen LogP) is 7.23. The minimum atomic E-state index is 0.776. The lowest BCUT2D eigenvalue weighted by Crippen LogP contribution is -2.30. The number of hydrogen-bond donors (Lipinski definition) is 0. The Morgan fingerprint density at radius 1 is 0.733 bits per heavy atom. The van der Waals surface area contributed by atoms with Gasteiger partial charge in [-0.25, -0.2) is 4.57 Å². The second-order valence-corrected chi connectivity index (χ2v) is 9.67. The molecule has 2 aromatic carbocycles. The van der Waals surface area contributed by atoms with E-state index in [0.29, 0.717) is 0 Å². The van der Waals surface area contributed by atoms with Gasteiger partial charge >= 0.3 is 0 Å². The molecular weight excluding hydrogens is 362 g/mol. The average molecular weight is 397 g/mol. The number of aryl methyl sites for hydroxylation is 2. The van der Waals surface area contributed by atoms with E-state index in [1.807, 2.05) is 0 Å². The number of rotatable bonds is 3. The highest BCUT2D eigenvalue weighted by Gasteiger charge is 2.32. The number of nitrogens with zero attached hydrogens (tertiary/aromatic N) is 1. The van der Waals surface area contributed by atoms with Gasteiger partial charge in [0.05, 0.1) is 0 Å². The SMILES string of the molecule is Cc1ccccc1-c1ccc(-c2ccc(C3CCC4CCCCC4C3)cc2)c[n+]1C. The van der Waals surface area contributed by atoms with Crippen LogP contribution in [0.1, 0.15) is 62.0 Å². The Morgan fingerprint density at radius 3 is 2.23 bits per heavy atom. The standard InChI is InChI=1S/C29H34N/c1-21-7-3-6-10-28(21)29-18-17-27(20-30(29)2)24-13-11-23(12-14-24)26-16-15-22-8-4-5-9-25(22)19-26/h3,6-7,10-14,17-18,20,22,25-26H,4-5,8-9,15-16,19H2,1-2H3/q+1. The van der Waals surface area contributed by atoms with E-state index in [1.54, 1.807) is 5.56 Å². The molecule has 2 saturated carbocycles. The third kappa shape index (κ3) is 3.83. The molecular formula is C29H34N+. The van der Waals surface area contributed by atoms with E-state index in [2.05, 4.69) is 85.4 Å². The molecule has 0 aliphatic heterocycles. The Bertz CT molecular complexity index is 1020. The van der Waals surface area contributed by atoms with Crippen LogP contribution >= 0.6 is 0 Å². The summed E-state index contributed by atoms with van der Waals surface area (Å²) in [5.74, 6) is 2.80. The highest BCUT2D eigenvalue weighted by atomic mass is 14.9. The Hall–Kier alpha value is -2.41. The van der Waals surface area contributed by atoms with Gasteiger partial charge < -0.3 is 0 Å². The monoisotopic (exact) mass is 396 g/mol. The maximum absolute atomic E-state index is 2.40. The first-order valence-electron chi connectivity index (χ1n) is 11.8. The molecule has 5 rings (SSSR count). The molecule has 1 heterocycles. The first-order chi connectivity index (χ1) is 14.7. The van der Waals surface area contributed by atoms with Gasteiger partial charge in [-0.3, -0.25) is 0 Å². The summed E-state index contributed by atoms with van der Waals surface area (Å²) < 4.78 is 2.26. The van der Waals surface area contributed by atoms with Crippen molar-refractivity contribution in [2.75, 3.05) is 0 Å². The van der Waals surface area contributed by atoms with Gasteiger partial charge in [0, 0.05) is 17.2 Å². The molecule has 1 nitrogen and oxygen atoms in total. The summed E-state index contributed by atoms with van der Waals surface area (Å²) in [6.45, 7) is 2.18. The quantitative estimate of drug-likeness (QED) is 0.411. The van der Waals surface area contributed by atoms with Gasteiger partial charge in [0.1, 0.15) is 7.05 Å². The van der Waals surface area contributed by atoms with Gasteiger partial charge in [-0.2, -0.15) is 0 Å².